The highest BCUT2D eigenvalue weighted by Crippen LogP contribution is 2.34. The van der Waals surface area contributed by atoms with Gasteiger partial charge in [-0.3, -0.25) is 9.52 Å². The van der Waals surface area contributed by atoms with E-state index < -0.39 is 10.0 Å². The van der Waals surface area contributed by atoms with Gasteiger partial charge in [-0.2, -0.15) is 0 Å². The SMILES string of the molecule is CCOc1c(Cl)cccc1NS(=O)(=O)c1ccc(NC(C)=O)cc1. The van der Waals surface area contributed by atoms with Crippen LogP contribution >= 0.6 is 11.6 Å². The van der Waals surface area contributed by atoms with Crippen LogP contribution in [0.4, 0.5) is 11.4 Å². The number of hydrogen-bond donors (Lipinski definition) is 2. The summed E-state index contributed by atoms with van der Waals surface area (Å²) in [6, 6.07) is 10.6. The monoisotopic (exact) mass is 368 g/mol. The molecular formula is C16H17ClN2O4S. The van der Waals surface area contributed by atoms with E-state index in [4.69, 9.17) is 16.3 Å². The Labute approximate surface area is 145 Å². The van der Waals surface area contributed by atoms with E-state index in [1.807, 2.05) is 0 Å². The summed E-state index contributed by atoms with van der Waals surface area (Å²) < 4.78 is 32.9. The van der Waals surface area contributed by atoms with Crippen molar-refractivity contribution >= 4 is 38.9 Å². The quantitative estimate of drug-likeness (QED) is 0.817. The van der Waals surface area contributed by atoms with Crippen molar-refractivity contribution in [2.24, 2.45) is 0 Å². The molecule has 0 fully saturated rings. The average Bonchev–Trinajstić information content (AvgIpc) is 2.50. The Morgan fingerprint density at radius 2 is 1.83 bits per heavy atom. The lowest BCUT2D eigenvalue weighted by atomic mass is 10.3. The topological polar surface area (TPSA) is 84.5 Å². The Morgan fingerprint density at radius 1 is 1.17 bits per heavy atom. The molecule has 0 heterocycles. The summed E-state index contributed by atoms with van der Waals surface area (Å²) in [4.78, 5) is 11.1. The Kier molecular flexibility index (Phi) is 5.69. The number of nitrogens with one attached hydrogen (secondary N) is 2. The van der Waals surface area contributed by atoms with Crippen molar-refractivity contribution in [2.45, 2.75) is 18.7 Å². The minimum atomic E-state index is -3.82. The summed E-state index contributed by atoms with van der Waals surface area (Å²) in [7, 11) is -3.82. The summed E-state index contributed by atoms with van der Waals surface area (Å²) in [5, 5.41) is 2.89. The van der Waals surface area contributed by atoms with E-state index in [1.165, 1.54) is 31.2 Å². The standard InChI is InChI=1S/C16H17ClN2O4S/c1-3-23-16-14(17)5-4-6-15(16)19-24(21,22)13-9-7-12(8-10-13)18-11(2)20/h4-10,19H,3H2,1-2H3,(H,18,20). The molecule has 0 aliphatic rings. The van der Waals surface area contributed by atoms with Crippen LogP contribution in [0.25, 0.3) is 0 Å². The van der Waals surface area contributed by atoms with Gasteiger partial charge in [0.25, 0.3) is 10.0 Å². The van der Waals surface area contributed by atoms with Crippen LogP contribution in [0.1, 0.15) is 13.8 Å². The lowest BCUT2D eigenvalue weighted by Gasteiger charge is -2.14. The molecule has 1 amide bonds. The number of sulfonamides is 1. The number of halogens is 1. The Morgan fingerprint density at radius 3 is 2.42 bits per heavy atom. The molecule has 2 N–H and O–H groups in total. The van der Waals surface area contributed by atoms with Crippen LogP contribution in [0, 0.1) is 0 Å². The highest BCUT2D eigenvalue weighted by molar-refractivity contribution is 7.92. The number of ether oxygens (including phenoxy) is 1. The molecule has 0 bridgehead atoms. The molecule has 24 heavy (non-hydrogen) atoms. The fraction of sp³-hybridized carbons (Fsp3) is 0.188. The van der Waals surface area contributed by atoms with Crippen LogP contribution in [0.15, 0.2) is 47.4 Å². The molecule has 0 saturated heterocycles. The van der Waals surface area contributed by atoms with Gasteiger partial charge in [-0.1, -0.05) is 17.7 Å². The molecule has 6 nitrogen and oxygen atoms in total. The van der Waals surface area contributed by atoms with Crippen LogP contribution in [-0.2, 0) is 14.8 Å². The van der Waals surface area contributed by atoms with Crippen molar-refractivity contribution < 1.29 is 17.9 Å². The summed E-state index contributed by atoms with van der Waals surface area (Å²) >= 11 is 6.05. The first-order chi connectivity index (χ1) is 11.3. The minimum absolute atomic E-state index is 0.0547. The number of anilines is 2. The second-order valence-electron chi connectivity index (χ2n) is 4.86. The van der Waals surface area contributed by atoms with Crippen molar-refractivity contribution in [1.29, 1.82) is 0 Å². The lowest BCUT2D eigenvalue weighted by molar-refractivity contribution is -0.114. The maximum Gasteiger partial charge on any atom is 0.262 e. The van der Waals surface area contributed by atoms with E-state index in [0.29, 0.717) is 17.3 Å². The van der Waals surface area contributed by atoms with Gasteiger partial charge in [0.05, 0.1) is 22.2 Å². The van der Waals surface area contributed by atoms with Gasteiger partial charge in [0.1, 0.15) is 0 Å². The molecule has 2 aromatic rings. The van der Waals surface area contributed by atoms with Gasteiger partial charge < -0.3 is 10.1 Å². The first-order valence-corrected chi connectivity index (χ1v) is 9.01. The van der Waals surface area contributed by atoms with Gasteiger partial charge in [-0.05, 0) is 43.3 Å². The highest BCUT2D eigenvalue weighted by atomic mass is 35.5. The Hall–Kier alpha value is -2.25. The van der Waals surface area contributed by atoms with Crippen molar-refractivity contribution in [2.75, 3.05) is 16.6 Å². The molecular weight excluding hydrogens is 352 g/mol. The van der Waals surface area contributed by atoms with Crippen molar-refractivity contribution in [3.8, 4) is 5.75 Å². The second kappa shape index (κ2) is 7.55. The normalized spacial score (nSPS) is 11.0. The van der Waals surface area contributed by atoms with Gasteiger partial charge in [0.15, 0.2) is 5.75 Å². The molecule has 8 heteroatoms. The third-order valence-electron chi connectivity index (χ3n) is 2.98. The lowest BCUT2D eigenvalue weighted by Crippen LogP contribution is -2.14. The summed E-state index contributed by atoms with van der Waals surface area (Å²) in [5.74, 6) is 0.0455. The first-order valence-electron chi connectivity index (χ1n) is 7.15. The molecule has 0 unspecified atom stereocenters. The number of carbonyl (C=O) groups excluding carboxylic acids is 1. The fourth-order valence-corrected chi connectivity index (χ4v) is 3.30. The van der Waals surface area contributed by atoms with E-state index >= 15 is 0 Å². The molecule has 2 rings (SSSR count). The molecule has 0 aliphatic carbocycles. The third kappa shape index (κ3) is 4.39. The molecule has 128 valence electrons. The average molecular weight is 369 g/mol. The van der Waals surface area contributed by atoms with Gasteiger partial charge in [-0.15, -0.1) is 0 Å². The number of amides is 1. The number of hydrogen-bond acceptors (Lipinski definition) is 4. The highest BCUT2D eigenvalue weighted by Gasteiger charge is 2.18. The molecule has 0 aliphatic heterocycles. The second-order valence-corrected chi connectivity index (χ2v) is 6.95. The molecule has 0 spiro atoms. The molecule has 2 aromatic carbocycles. The van der Waals surface area contributed by atoms with Gasteiger partial charge in [0, 0.05) is 12.6 Å². The van der Waals surface area contributed by atoms with Crippen molar-refractivity contribution in [3.63, 3.8) is 0 Å². The molecule has 0 aromatic heterocycles. The zero-order chi connectivity index (χ0) is 17.7. The minimum Gasteiger partial charge on any atom is -0.490 e. The summed E-state index contributed by atoms with van der Waals surface area (Å²) in [6.45, 7) is 3.51. The van der Waals surface area contributed by atoms with Crippen LogP contribution in [-0.4, -0.2) is 20.9 Å². The van der Waals surface area contributed by atoms with Crippen molar-refractivity contribution in [3.05, 3.63) is 47.5 Å². The first kappa shape index (κ1) is 18.1. The summed E-state index contributed by atoms with van der Waals surface area (Å²) in [6.07, 6.45) is 0. The van der Waals surface area contributed by atoms with Crippen LogP contribution in [0.5, 0.6) is 5.75 Å². The van der Waals surface area contributed by atoms with Crippen molar-refractivity contribution in [1.82, 2.24) is 0 Å². The number of rotatable bonds is 6. The molecule has 0 atom stereocenters. The zero-order valence-corrected chi connectivity index (χ0v) is 14.7. The predicted molar refractivity (Wildman–Crippen MR) is 94.2 cm³/mol. The third-order valence-corrected chi connectivity index (χ3v) is 4.66. The van der Waals surface area contributed by atoms with E-state index in [-0.39, 0.29) is 22.2 Å². The maximum atomic E-state index is 12.5. The predicted octanol–water partition coefficient (Wildman–Crippen LogP) is 3.50. The van der Waals surface area contributed by atoms with E-state index in [1.54, 1.807) is 25.1 Å². The fourth-order valence-electron chi connectivity index (χ4n) is 2.00. The van der Waals surface area contributed by atoms with Crippen LogP contribution in [0.2, 0.25) is 5.02 Å². The Balaban J connectivity index is 2.29. The number of para-hydroxylation sites is 1. The molecule has 0 saturated carbocycles. The largest absolute Gasteiger partial charge is 0.490 e. The van der Waals surface area contributed by atoms with Gasteiger partial charge >= 0.3 is 0 Å². The van der Waals surface area contributed by atoms with Gasteiger partial charge in [0.2, 0.25) is 5.91 Å². The smallest absolute Gasteiger partial charge is 0.262 e. The Bertz CT molecular complexity index is 836. The van der Waals surface area contributed by atoms with E-state index in [0.717, 1.165) is 0 Å². The number of carbonyl (C=O) groups is 1. The van der Waals surface area contributed by atoms with Gasteiger partial charge in [-0.25, -0.2) is 8.42 Å². The van der Waals surface area contributed by atoms with E-state index in [2.05, 4.69) is 10.0 Å². The molecule has 0 radical (unpaired) electrons. The maximum absolute atomic E-state index is 12.5. The zero-order valence-electron chi connectivity index (χ0n) is 13.2. The van der Waals surface area contributed by atoms with Crippen LogP contribution in [0.3, 0.4) is 0 Å². The van der Waals surface area contributed by atoms with Crippen LogP contribution < -0.4 is 14.8 Å². The summed E-state index contributed by atoms with van der Waals surface area (Å²) in [5.41, 5.74) is 0.773. The number of benzene rings is 2. The van der Waals surface area contributed by atoms with E-state index in [9.17, 15) is 13.2 Å².